The molecule has 0 spiro atoms. The molecule has 1 rings (SSSR count). The smallest absolute Gasteiger partial charge is 0.451 e. The second-order valence-corrected chi connectivity index (χ2v) is 2.80. The van der Waals surface area contributed by atoms with Crippen LogP contribution >= 0.6 is 0 Å². The van der Waals surface area contributed by atoms with E-state index >= 15 is 0 Å². The average molecular weight is 236 g/mol. The first kappa shape index (κ1) is 12.4. The maximum absolute atomic E-state index is 12.2. The fourth-order valence-corrected chi connectivity index (χ4v) is 0.990. The molecule has 1 aromatic heterocycles. The number of hydrogen-bond donors (Lipinski definition) is 1. The number of methoxy groups -OCH3 is 1. The molecule has 1 heterocycles. The van der Waals surface area contributed by atoms with Crippen LogP contribution in [0.2, 0.25) is 0 Å². The molecule has 5 nitrogen and oxygen atoms in total. The molecule has 8 heteroatoms. The lowest BCUT2D eigenvalue weighted by Gasteiger charge is -2.08. The Labute approximate surface area is 87.9 Å². The van der Waals surface area contributed by atoms with Crippen LogP contribution in [0.15, 0.2) is 6.20 Å². The Morgan fingerprint density at radius 1 is 1.56 bits per heavy atom. The van der Waals surface area contributed by atoms with E-state index in [1.807, 2.05) is 0 Å². The molecular formula is C8H7F3N2O3. The molecule has 16 heavy (non-hydrogen) atoms. The highest BCUT2D eigenvalue weighted by Gasteiger charge is 2.35. The summed E-state index contributed by atoms with van der Waals surface area (Å²) in [6.45, 7) is -0.167. The number of nitrogens with zero attached hydrogens (tertiary/aromatic N) is 2. The van der Waals surface area contributed by atoms with Crippen LogP contribution in [0.25, 0.3) is 0 Å². The van der Waals surface area contributed by atoms with Crippen molar-refractivity contribution in [2.45, 2.75) is 12.8 Å². The minimum Gasteiger partial charge on any atom is -0.476 e. The van der Waals surface area contributed by atoms with Gasteiger partial charge in [-0.15, -0.1) is 0 Å². The quantitative estimate of drug-likeness (QED) is 0.857. The van der Waals surface area contributed by atoms with Crippen molar-refractivity contribution in [2.24, 2.45) is 0 Å². The van der Waals surface area contributed by atoms with Crippen LogP contribution in [0.5, 0.6) is 0 Å². The summed E-state index contributed by atoms with van der Waals surface area (Å²) in [5.74, 6) is -3.04. The van der Waals surface area contributed by atoms with Crippen LogP contribution < -0.4 is 0 Å². The first-order chi connectivity index (χ1) is 7.36. The van der Waals surface area contributed by atoms with Crippen molar-refractivity contribution in [2.75, 3.05) is 7.11 Å². The Morgan fingerprint density at radius 2 is 2.19 bits per heavy atom. The van der Waals surface area contributed by atoms with Gasteiger partial charge in [0.05, 0.1) is 6.61 Å². The molecule has 1 aromatic rings. The van der Waals surface area contributed by atoms with E-state index in [-0.39, 0.29) is 12.2 Å². The van der Waals surface area contributed by atoms with Gasteiger partial charge in [0.15, 0.2) is 5.69 Å². The van der Waals surface area contributed by atoms with Crippen molar-refractivity contribution in [1.82, 2.24) is 9.97 Å². The molecule has 0 aliphatic carbocycles. The first-order valence-electron chi connectivity index (χ1n) is 4.01. The number of halogens is 3. The highest BCUT2D eigenvalue weighted by Crippen LogP contribution is 2.26. The largest absolute Gasteiger partial charge is 0.476 e. The van der Waals surface area contributed by atoms with Gasteiger partial charge >= 0.3 is 12.1 Å². The first-order valence-corrected chi connectivity index (χ1v) is 4.01. The van der Waals surface area contributed by atoms with Gasteiger partial charge in [-0.1, -0.05) is 0 Å². The second-order valence-electron chi connectivity index (χ2n) is 2.80. The number of alkyl halides is 3. The molecule has 0 amide bonds. The number of rotatable bonds is 3. The monoisotopic (exact) mass is 236 g/mol. The number of ether oxygens (including phenoxy) is 1. The molecule has 0 aromatic carbocycles. The van der Waals surface area contributed by atoms with Crippen LogP contribution in [0.3, 0.4) is 0 Å². The molecule has 0 saturated heterocycles. The molecule has 1 N–H and O–H groups in total. The Balaban J connectivity index is 3.23. The molecule has 0 unspecified atom stereocenters. The van der Waals surface area contributed by atoms with Gasteiger partial charge in [0.25, 0.3) is 0 Å². The second kappa shape index (κ2) is 4.44. The minimum atomic E-state index is -4.77. The van der Waals surface area contributed by atoms with Crippen LogP contribution in [-0.2, 0) is 17.5 Å². The van der Waals surface area contributed by atoms with E-state index < -0.39 is 23.7 Å². The molecule has 0 fully saturated rings. The molecule has 0 aliphatic heterocycles. The molecule has 0 saturated carbocycles. The van der Waals surface area contributed by atoms with Gasteiger partial charge in [-0.25, -0.2) is 14.8 Å². The molecule has 0 bridgehead atoms. The van der Waals surface area contributed by atoms with E-state index in [0.717, 1.165) is 6.20 Å². The molecule has 88 valence electrons. The third-order valence-corrected chi connectivity index (χ3v) is 1.62. The van der Waals surface area contributed by atoms with Crippen molar-refractivity contribution < 1.29 is 27.8 Å². The van der Waals surface area contributed by atoms with Gasteiger partial charge in [0.2, 0.25) is 5.82 Å². The Hall–Kier alpha value is -1.70. The third-order valence-electron chi connectivity index (χ3n) is 1.62. The fraction of sp³-hybridized carbons (Fsp3) is 0.375. The summed E-state index contributed by atoms with van der Waals surface area (Å²) in [7, 11) is 1.28. The third kappa shape index (κ3) is 2.66. The fourth-order valence-electron chi connectivity index (χ4n) is 0.990. The van der Waals surface area contributed by atoms with E-state index in [1.54, 1.807) is 0 Å². The number of carboxylic acid groups (broad SMARTS) is 1. The lowest BCUT2D eigenvalue weighted by Crippen LogP contribution is -2.16. The standard InChI is InChI=1S/C8H7F3N2O3/c1-16-3-4-2-12-7(8(9,10)11)13-5(4)6(14)15/h2H,3H2,1H3,(H,14,15). The summed E-state index contributed by atoms with van der Waals surface area (Å²) in [4.78, 5) is 16.6. The van der Waals surface area contributed by atoms with E-state index in [9.17, 15) is 18.0 Å². The summed E-state index contributed by atoms with van der Waals surface area (Å²) >= 11 is 0. The summed E-state index contributed by atoms with van der Waals surface area (Å²) in [6, 6.07) is 0. The molecule has 0 radical (unpaired) electrons. The van der Waals surface area contributed by atoms with E-state index in [2.05, 4.69) is 14.7 Å². The van der Waals surface area contributed by atoms with Crippen LogP contribution in [0.1, 0.15) is 21.9 Å². The molecule has 0 aliphatic rings. The Bertz CT molecular complexity index is 406. The number of aromatic carboxylic acids is 1. The SMILES string of the molecule is COCc1cnc(C(F)(F)F)nc1C(=O)O. The maximum atomic E-state index is 12.2. The van der Waals surface area contributed by atoms with Crippen molar-refractivity contribution in [3.05, 3.63) is 23.3 Å². The van der Waals surface area contributed by atoms with Crippen LogP contribution in [0, 0.1) is 0 Å². The number of carboxylic acids is 1. The van der Waals surface area contributed by atoms with Gasteiger partial charge in [-0.3, -0.25) is 0 Å². The van der Waals surface area contributed by atoms with E-state index in [4.69, 9.17) is 5.11 Å². The zero-order chi connectivity index (χ0) is 12.3. The zero-order valence-electron chi connectivity index (χ0n) is 8.08. The van der Waals surface area contributed by atoms with Crippen molar-refractivity contribution in [1.29, 1.82) is 0 Å². The van der Waals surface area contributed by atoms with Crippen LogP contribution in [0.4, 0.5) is 13.2 Å². The number of carbonyl (C=O) groups is 1. The van der Waals surface area contributed by atoms with Gasteiger partial charge in [-0.05, 0) is 0 Å². The topological polar surface area (TPSA) is 72.3 Å². The predicted molar refractivity (Wildman–Crippen MR) is 44.7 cm³/mol. The lowest BCUT2D eigenvalue weighted by atomic mass is 10.2. The predicted octanol–water partition coefficient (Wildman–Crippen LogP) is 1.34. The number of hydrogen-bond acceptors (Lipinski definition) is 4. The van der Waals surface area contributed by atoms with Crippen molar-refractivity contribution >= 4 is 5.97 Å². The van der Waals surface area contributed by atoms with E-state index in [1.165, 1.54) is 7.11 Å². The molecular weight excluding hydrogens is 229 g/mol. The molecule has 0 atom stereocenters. The van der Waals surface area contributed by atoms with Gasteiger partial charge in [-0.2, -0.15) is 13.2 Å². The highest BCUT2D eigenvalue weighted by molar-refractivity contribution is 5.86. The number of aromatic nitrogens is 2. The summed E-state index contributed by atoms with van der Waals surface area (Å²) in [6.07, 6.45) is -3.97. The van der Waals surface area contributed by atoms with Crippen LogP contribution in [-0.4, -0.2) is 28.2 Å². The normalized spacial score (nSPS) is 11.5. The van der Waals surface area contributed by atoms with Crippen molar-refractivity contribution in [3.63, 3.8) is 0 Å². The lowest BCUT2D eigenvalue weighted by molar-refractivity contribution is -0.145. The minimum absolute atomic E-state index is 0.0111. The Kier molecular flexibility index (Phi) is 3.43. The highest BCUT2D eigenvalue weighted by atomic mass is 19.4. The zero-order valence-corrected chi connectivity index (χ0v) is 8.08. The van der Waals surface area contributed by atoms with Gasteiger partial charge in [0, 0.05) is 18.9 Å². The maximum Gasteiger partial charge on any atom is 0.451 e. The average Bonchev–Trinajstić information content (AvgIpc) is 2.16. The van der Waals surface area contributed by atoms with E-state index in [0.29, 0.717) is 0 Å². The van der Waals surface area contributed by atoms with Crippen molar-refractivity contribution in [3.8, 4) is 0 Å². The summed E-state index contributed by atoms with van der Waals surface area (Å²) < 4.78 is 41.2. The Morgan fingerprint density at radius 3 is 2.62 bits per heavy atom. The summed E-state index contributed by atoms with van der Waals surface area (Å²) in [5, 5.41) is 8.67. The van der Waals surface area contributed by atoms with Gasteiger partial charge < -0.3 is 9.84 Å². The summed E-state index contributed by atoms with van der Waals surface area (Å²) in [5.41, 5.74) is -0.716. The van der Waals surface area contributed by atoms with Gasteiger partial charge in [0.1, 0.15) is 0 Å².